The van der Waals surface area contributed by atoms with E-state index in [-0.39, 0.29) is 12.1 Å². The minimum absolute atomic E-state index is 0.201. The standard InChI is InChI=1S/C17H16ClN3O3/c1-20-14-4-2-3-12(18)15(14)21(17(20)24)11-7-5-10(6-8-11)9-13(19)16(22)23/h2-8,13H,9,19H2,1H3,(H,22,23). The van der Waals surface area contributed by atoms with E-state index in [4.69, 9.17) is 22.4 Å². The molecular weight excluding hydrogens is 330 g/mol. The number of aryl methyl sites for hydroxylation is 1. The number of hydrogen-bond acceptors (Lipinski definition) is 3. The second-order valence-corrected chi connectivity index (χ2v) is 6.01. The number of carboxylic acids is 1. The van der Waals surface area contributed by atoms with Crippen LogP contribution >= 0.6 is 11.6 Å². The molecule has 0 radical (unpaired) electrons. The fourth-order valence-electron chi connectivity index (χ4n) is 2.71. The molecule has 1 unspecified atom stereocenters. The first-order valence-corrected chi connectivity index (χ1v) is 7.71. The Kier molecular flexibility index (Phi) is 4.17. The molecule has 0 amide bonds. The van der Waals surface area contributed by atoms with E-state index in [1.165, 1.54) is 4.57 Å². The number of nitrogens with two attached hydrogens (primary N) is 1. The van der Waals surface area contributed by atoms with Crippen molar-refractivity contribution < 1.29 is 9.90 Å². The maximum atomic E-state index is 12.6. The Balaban J connectivity index is 2.07. The summed E-state index contributed by atoms with van der Waals surface area (Å²) in [5, 5.41) is 9.36. The molecule has 1 aromatic heterocycles. The molecule has 3 N–H and O–H groups in total. The zero-order valence-corrected chi connectivity index (χ0v) is 13.7. The quantitative estimate of drug-likeness (QED) is 0.756. The molecule has 0 fully saturated rings. The van der Waals surface area contributed by atoms with Crippen molar-refractivity contribution in [3.63, 3.8) is 0 Å². The van der Waals surface area contributed by atoms with Crippen molar-refractivity contribution in [3.8, 4) is 5.69 Å². The summed E-state index contributed by atoms with van der Waals surface area (Å²) in [5.41, 5.74) is 8.17. The third-order valence-corrected chi connectivity index (χ3v) is 4.30. The van der Waals surface area contributed by atoms with E-state index in [0.29, 0.717) is 16.2 Å². The number of fused-ring (bicyclic) bond motifs is 1. The van der Waals surface area contributed by atoms with Gasteiger partial charge in [0.1, 0.15) is 6.04 Å². The molecule has 1 heterocycles. The van der Waals surface area contributed by atoms with Crippen LogP contribution in [-0.4, -0.2) is 26.3 Å². The van der Waals surface area contributed by atoms with E-state index >= 15 is 0 Å². The molecule has 0 aliphatic rings. The Bertz CT molecular complexity index is 973. The topological polar surface area (TPSA) is 90.3 Å². The van der Waals surface area contributed by atoms with Gasteiger partial charge in [0.05, 0.1) is 21.7 Å². The van der Waals surface area contributed by atoms with Crippen LogP contribution in [0, 0.1) is 0 Å². The molecule has 7 heteroatoms. The lowest BCUT2D eigenvalue weighted by Gasteiger charge is -2.08. The van der Waals surface area contributed by atoms with Crippen molar-refractivity contribution in [1.29, 1.82) is 0 Å². The highest BCUT2D eigenvalue weighted by Gasteiger charge is 2.16. The maximum absolute atomic E-state index is 12.6. The average Bonchev–Trinajstić information content (AvgIpc) is 2.81. The van der Waals surface area contributed by atoms with E-state index in [9.17, 15) is 9.59 Å². The number of nitrogens with zero attached hydrogens (tertiary/aromatic N) is 2. The molecule has 3 aromatic rings. The molecule has 0 saturated heterocycles. The van der Waals surface area contributed by atoms with Crippen LogP contribution in [-0.2, 0) is 18.3 Å². The van der Waals surface area contributed by atoms with Gasteiger partial charge in [-0.25, -0.2) is 4.79 Å². The highest BCUT2D eigenvalue weighted by molar-refractivity contribution is 6.35. The predicted molar refractivity (Wildman–Crippen MR) is 92.8 cm³/mol. The predicted octanol–water partition coefficient (Wildman–Crippen LogP) is 1.94. The van der Waals surface area contributed by atoms with Crippen LogP contribution in [0.2, 0.25) is 5.02 Å². The molecule has 3 rings (SSSR count). The summed E-state index contributed by atoms with van der Waals surface area (Å²) >= 11 is 6.28. The molecule has 0 saturated carbocycles. The number of rotatable bonds is 4. The van der Waals surface area contributed by atoms with Gasteiger partial charge in [0.2, 0.25) is 0 Å². The minimum Gasteiger partial charge on any atom is -0.480 e. The van der Waals surface area contributed by atoms with E-state index in [1.807, 2.05) is 6.07 Å². The molecular formula is C17H16ClN3O3. The van der Waals surface area contributed by atoms with Crippen LogP contribution in [0.1, 0.15) is 5.56 Å². The smallest absolute Gasteiger partial charge is 0.333 e. The number of benzene rings is 2. The van der Waals surface area contributed by atoms with Crippen molar-refractivity contribution in [2.75, 3.05) is 0 Å². The average molecular weight is 346 g/mol. The van der Waals surface area contributed by atoms with Gasteiger partial charge in [-0.3, -0.25) is 13.9 Å². The number of carboxylic acid groups (broad SMARTS) is 1. The monoisotopic (exact) mass is 345 g/mol. The number of hydrogen-bond donors (Lipinski definition) is 2. The van der Waals surface area contributed by atoms with Crippen LogP contribution in [0.5, 0.6) is 0 Å². The van der Waals surface area contributed by atoms with Gasteiger partial charge in [0.15, 0.2) is 0 Å². The third-order valence-electron chi connectivity index (χ3n) is 4.00. The number of imidazole rings is 1. The third kappa shape index (κ3) is 2.70. The Morgan fingerprint density at radius 2 is 1.92 bits per heavy atom. The van der Waals surface area contributed by atoms with E-state index < -0.39 is 12.0 Å². The summed E-state index contributed by atoms with van der Waals surface area (Å²) in [5.74, 6) is -1.05. The van der Waals surface area contributed by atoms with Gasteiger partial charge in [-0.05, 0) is 36.2 Å². The van der Waals surface area contributed by atoms with E-state index in [2.05, 4.69) is 0 Å². The highest BCUT2D eigenvalue weighted by atomic mass is 35.5. The molecule has 0 bridgehead atoms. The Morgan fingerprint density at radius 3 is 2.54 bits per heavy atom. The first-order valence-electron chi connectivity index (χ1n) is 7.34. The first-order chi connectivity index (χ1) is 11.4. The summed E-state index contributed by atoms with van der Waals surface area (Å²) in [6, 6.07) is 11.5. The van der Waals surface area contributed by atoms with Crippen LogP contribution in [0.3, 0.4) is 0 Å². The molecule has 0 aliphatic heterocycles. The molecule has 1 atom stereocenters. The summed E-state index contributed by atoms with van der Waals surface area (Å²) in [6.07, 6.45) is 0.223. The largest absolute Gasteiger partial charge is 0.480 e. The van der Waals surface area contributed by atoms with Gasteiger partial charge in [-0.2, -0.15) is 0 Å². The van der Waals surface area contributed by atoms with Gasteiger partial charge in [-0.15, -0.1) is 0 Å². The Morgan fingerprint density at radius 1 is 1.25 bits per heavy atom. The number of halogens is 1. The number of aliphatic carboxylic acids is 1. The lowest BCUT2D eigenvalue weighted by atomic mass is 10.1. The number of carbonyl (C=O) groups is 1. The SMILES string of the molecule is Cn1c(=O)n(-c2ccc(CC(N)C(=O)O)cc2)c2c(Cl)cccc21. The molecule has 24 heavy (non-hydrogen) atoms. The molecule has 0 aliphatic carbocycles. The van der Waals surface area contributed by atoms with Crippen LogP contribution in [0.4, 0.5) is 0 Å². The lowest BCUT2D eigenvalue weighted by molar-refractivity contribution is -0.138. The molecule has 6 nitrogen and oxygen atoms in total. The molecule has 0 spiro atoms. The number of para-hydroxylation sites is 1. The Hall–Kier alpha value is -2.57. The molecule has 2 aromatic carbocycles. The minimum atomic E-state index is -1.05. The van der Waals surface area contributed by atoms with Gasteiger partial charge in [-0.1, -0.05) is 29.8 Å². The highest BCUT2D eigenvalue weighted by Crippen LogP contribution is 2.25. The second kappa shape index (κ2) is 6.14. The molecule has 124 valence electrons. The second-order valence-electron chi connectivity index (χ2n) is 5.60. The fraction of sp³-hybridized carbons (Fsp3) is 0.176. The van der Waals surface area contributed by atoms with Gasteiger partial charge in [0.25, 0.3) is 0 Å². The summed E-state index contributed by atoms with van der Waals surface area (Å²) < 4.78 is 3.08. The zero-order valence-electron chi connectivity index (χ0n) is 12.9. The van der Waals surface area contributed by atoms with E-state index in [0.717, 1.165) is 11.1 Å². The summed E-state index contributed by atoms with van der Waals surface area (Å²) in [6.45, 7) is 0. The normalized spacial score (nSPS) is 12.5. The van der Waals surface area contributed by atoms with Gasteiger partial charge < -0.3 is 10.8 Å². The van der Waals surface area contributed by atoms with Crippen molar-refractivity contribution in [2.24, 2.45) is 12.8 Å². The lowest BCUT2D eigenvalue weighted by Crippen LogP contribution is -2.32. The summed E-state index contributed by atoms with van der Waals surface area (Å²) in [7, 11) is 1.69. The van der Waals surface area contributed by atoms with Crippen LogP contribution in [0.15, 0.2) is 47.3 Å². The van der Waals surface area contributed by atoms with Crippen molar-refractivity contribution >= 4 is 28.6 Å². The van der Waals surface area contributed by atoms with E-state index in [1.54, 1.807) is 48.0 Å². The first kappa shape index (κ1) is 16.3. The van der Waals surface area contributed by atoms with Crippen molar-refractivity contribution in [1.82, 2.24) is 9.13 Å². The summed E-state index contributed by atoms with van der Waals surface area (Å²) in [4.78, 5) is 23.4. The van der Waals surface area contributed by atoms with Crippen LogP contribution < -0.4 is 11.4 Å². The van der Waals surface area contributed by atoms with Crippen LogP contribution in [0.25, 0.3) is 16.7 Å². The Labute approximate surface area is 142 Å². The fourth-order valence-corrected chi connectivity index (χ4v) is 2.96. The van der Waals surface area contributed by atoms with Crippen molar-refractivity contribution in [3.05, 3.63) is 63.5 Å². The zero-order chi connectivity index (χ0) is 17.4. The van der Waals surface area contributed by atoms with Crippen molar-refractivity contribution in [2.45, 2.75) is 12.5 Å². The maximum Gasteiger partial charge on any atom is 0.333 e. The van der Waals surface area contributed by atoms with Gasteiger partial charge in [0, 0.05) is 7.05 Å². The number of aromatic nitrogens is 2. The van der Waals surface area contributed by atoms with Gasteiger partial charge >= 0.3 is 11.7 Å².